The van der Waals surface area contributed by atoms with Crippen LogP contribution in [0.25, 0.3) is 0 Å². The predicted octanol–water partition coefficient (Wildman–Crippen LogP) is 0.592. The molecule has 6 N–H and O–H groups in total. The highest BCUT2D eigenvalue weighted by Crippen LogP contribution is 2.34. The Morgan fingerprint density at radius 1 is 1.25 bits per heavy atom. The van der Waals surface area contributed by atoms with Crippen LogP contribution in [-0.4, -0.2) is 23.9 Å². The monoisotopic (exact) mass is 338 g/mol. The molecule has 0 aromatic heterocycles. The van der Waals surface area contributed by atoms with Gasteiger partial charge in [-0.05, 0) is 17.7 Å². The van der Waals surface area contributed by atoms with Crippen LogP contribution in [0.4, 0.5) is 13.2 Å². The molecule has 0 spiro atoms. The Bertz CT molecular complexity index is 691. The van der Waals surface area contributed by atoms with E-state index in [0.29, 0.717) is 23.6 Å². The van der Waals surface area contributed by atoms with Gasteiger partial charge in [-0.3, -0.25) is 10.6 Å². The first kappa shape index (κ1) is 16.6. The fourth-order valence-electron chi connectivity index (χ4n) is 3.16. The average molecular weight is 338 g/mol. The molecular weight excluding hydrogens is 321 g/mol. The third-order valence-corrected chi connectivity index (χ3v) is 4.39. The van der Waals surface area contributed by atoms with Crippen LogP contribution in [0.5, 0.6) is 0 Å². The Hall–Kier alpha value is -2.28. The van der Waals surface area contributed by atoms with E-state index in [-0.39, 0.29) is 18.6 Å². The highest BCUT2D eigenvalue weighted by atomic mass is 19.4. The number of nitrogens with one attached hydrogen (secondary N) is 2. The Balaban J connectivity index is 1.84. The summed E-state index contributed by atoms with van der Waals surface area (Å²) in [4.78, 5) is 1.77. The summed E-state index contributed by atoms with van der Waals surface area (Å²) in [6.45, 7) is 0.744. The van der Waals surface area contributed by atoms with E-state index >= 15 is 0 Å². The summed E-state index contributed by atoms with van der Waals surface area (Å²) in [6.07, 6.45) is -5.05. The first-order chi connectivity index (χ1) is 11.3. The second-order valence-corrected chi connectivity index (χ2v) is 5.81. The number of hydrogen-bond donors (Lipinski definition) is 4. The molecular formula is C15H17F3N6. The van der Waals surface area contributed by atoms with Gasteiger partial charge in [0.25, 0.3) is 0 Å². The summed E-state index contributed by atoms with van der Waals surface area (Å²) in [5.41, 5.74) is 12.5. The van der Waals surface area contributed by atoms with Crippen LogP contribution < -0.4 is 22.1 Å². The molecule has 9 heteroatoms. The molecule has 1 fully saturated rings. The molecule has 2 aliphatic heterocycles. The van der Waals surface area contributed by atoms with E-state index < -0.39 is 17.9 Å². The van der Waals surface area contributed by atoms with E-state index in [0.717, 1.165) is 12.1 Å². The van der Waals surface area contributed by atoms with E-state index in [1.807, 2.05) is 0 Å². The Labute approximate surface area is 136 Å². The molecule has 1 aromatic carbocycles. The van der Waals surface area contributed by atoms with Gasteiger partial charge in [0.1, 0.15) is 5.82 Å². The summed E-state index contributed by atoms with van der Waals surface area (Å²) in [5, 5.41) is 15.6. The van der Waals surface area contributed by atoms with Crippen molar-refractivity contribution in [3.05, 3.63) is 46.8 Å². The molecule has 128 valence electrons. The molecule has 0 radical (unpaired) electrons. The lowest BCUT2D eigenvalue weighted by molar-refractivity contribution is -0.137. The van der Waals surface area contributed by atoms with Gasteiger partial charge in [0, 0.05) is 13.2 Å². The summed E-state index contributed by atoms with van der Waals surface area (Å²) < 4.78 is 37.9. The van der Waals surface area contributed by atoms with E-state index in [4.69, 9.17) is 11.5 Å². The maximum absolute atomic E-state index is 12.6. The van der Waals surface area contributed by atoms with Crippen molar-refractivity contribution in [2.75, 3.05) is 6.67 Å². The lowest BCUT2D eigenvalue weighted by Gasteiger charge is -2.38. The van der Waals surface area contributed by atoms with Gasteiger partial charge in [-0.1, -0.05) is 12.1 Å². The highest BCUT2D eigenvalue weighted by molar-refractivity contribution is 5.37. The molecule has 2 heterocycles. The van der Waals surface area contributed by atoms with E-state index in [9.17, 15) is 18.4 Å². The maximum atomic E-state index is 12.6. The fraction of sp³-hybridized carbons (Fsp3) is 0.400. The van der Waals surface area contributed by atoms with Crippen molar-refractivity contribution >= 4 is 0 Å². The molecule has 0 amide bonds. The Morgan fingerprint density at radius 2 is 1.92 bits per heavy atom. The second kappa shape index (κ2) is 5.98. The molecule has 2 aliphatic rings. The fourth-order valence-corrected chi connectivity index (χ4v) is 3.16. The molecule has 0 aliphatic carbocycles. The van der Waals surface area contributed by atoms with Crippen LogP contribution >= 0.6 is 0 Å². The van der Waals surface area contributed by atoms with Crippen molar-refractivity contribution in [3.8, 4) is 6.07 Å². The topological polar surface area (TPSA) is 103 Å². The van der Waals surface area contributed by atoms with E-state index in [1.54, 1.807) is 4.90 Å². The van der Waals surface area contributed by atoms with Gasteiger partial charge in [-0.25, -0.2) is 0 Å². The summed E-state index contributed by atoms with van der Waals surface area (Å²) in [7, 11) is 0. The third-order valence-electron chi connectivity index (χ3n) is 4.39. The summed E-state index contributed by atoms with van der Waals surface area (Å²) >= 11 is 0. The Kier molecular flexibility index (Phi) is 4.13. The quantitative estimate of drug-likeness (QED) is 0.629. The largest absolute Gasteiger partial charge is 0.416 e. The lowest BCUT2D eigenvalue weighted by Crippen LogP contribution is -2.63. The first-order valence-electron chi connectivity index (χ1n) is 7.38. The number of nitrogens with zero attached hydrogens (tertiary/aromatic N) is 2. The molecule has 1 aromatic rings. The minimum absolute atomic E-state index is 0.266. The average Bonchev–Trinajstić information content (AvgIpc) is 2.80. The van der Waals surface area contributed by atoms with E-state index in [2.05, 4.69) is 16.7 Å². The van der Waals surface area contributed by atoms with Crippen molar-refractivity contribution in [1.29, 1.82) is 5.26 Å². The van der Waals surface area contributed by atoms with Crippen molar-refractivity contribution in [3.63, 3.8) is 0 Å². The molecule has 3 atom stereocenters. The number of alkyl halides is 3. The van der Waals surface area contributed by atoms with Gasteiger partial charge >= 0.3 is 6.18 Å². The van der Waals surface area contributed by atoms with Gasteiger partial charge in [-0.2, -0.15) is 18.4 Å². The second-order valence-electron chi connectivity index (χ2n) is 5.81. The zero-order valence-corrected chi connectivity index (χ0v) is 12.6. The zero-order chi connectivity index (χ0) is 17.5. The number of hydrogen-bond acceptors (Lipinski definition) is 6. The number of benzene rings is 1. The molecule has 3 rings (SSSR count). The predicted molar refractivity (Wildman–Crippen MR) is 80.2 cm³/mol. The van der Waals surface area contributed by atoms with Gasteiger partial charge in [-0.15, -0.1) is 0 Å². The number of nitriles is 1. The molecule has 24 heavy (non-hydrogen) atoms. The van der Waals surface area contributed by atoms with Crippen LogP contribution in [0, 0.1) is 17.2 Å². The number of halogens is 3. The summed E-state index contributed by atoms with van der Waals surface area (Å²) in [6, 6.07) is 6.99. The smallest absolute Gasteiger partial charge is 0.384 e. The summed E-state index contributed by atoms with van der Waals surface area (Å²) in [5.74, 6) is -0.00255. The SMILES string of the molecule is N#CC1=C(N)N(Cc2ccc(C(F)(F)F)cc2)C2NCNC(N)C12. The van der Waals surface area contributed by atoms with Crippen LogP contribution in [0.15, 0.2) is 35.7 Å². The first-order valence-corrected chi connectivity index (χ1v) is 7.38. The maximum Gasteiger partial charge on any atom is 0.416 e. The molecule has 0 bridgehead atoms. The number of rotatable bonds is 2. The van der Waals surface area contributed by atoms with Gasteiger partial charge in [0.2, 0.25) is 0 Å². The lowest BCUT2D eigenvalue weighted by atomic mass is 9.95. The van der Waals surface area contributed by atoms with Crippen molar-refractivity contribution in [2.45, 2.75) is 25.1 Å². The Morgan fingerprint density at radius 3 is 2.50 bits per heavy atom. The van der Waals surface area contributed by atoms with Gasteiger partial charge in [0.15, 0.2) is 0 Å². The standard InChI is InChI=1S/C15H17F3N6/c16-15(17,18)9-3-1-8(2-4-9)6-24-13(21)10(5-19)11-12(20)22-7-23-14(11)24/h1-4,11-12,14,22-23H,6-7,20-21H2. The molecule has 1 saturated heterocycles. The van der Waals surface area contributed by atoms with E-state index in [1.165, 1.54) is 12.1 Å². The zero-order valence-electron chi connectivity index (χ0n) is 12.6. The highest BCUT2D eigenvalue weighted by Gasteiger charge is 2.45. The normalized spacial score (nSPS) is 27.1. The van der Waals surface area contributed by atoms with Gasteiger partial charge < -0.3 is 16.4 Å². The van der Waals surface area contributed by atoms with Crippen LogP contribution in [-0.2, 0) is 12.7 Å². The number of nitrogens with two attached hydrogens (primary N) is 2. The van der Waals surface area contributed by atoms with Crippen LogP contribution in [0.3, 0.4) is 0 Å². The van der Waals surface area contributed by atoms with Crippen molar-refractivity contribution in [1.82, 2.24) is 15.5 Å². The number of fused-ring (bicyclic) bond motifs is 1. The van der Waals surface area contributed by atoms with Crippen LogP contribution in [0.2, 0.25) is 0 Å². The van der Waals surface area contributed by atoms with Crippen molar-refractivity contribution in [2.24, 2.45) is 17.4 Å². The van der Waals surface area contributed by atoms with Gasteiger partial charge in [0.05, 0.1) is 35.5 Å². The molecule has 0 saturated carbocycles. The minimum atomic E-state index is -4.37. The van der Waals surface area contributed by atoms with Crippen LogP contribution in [0.1, 0.15) is 11.1 Å². The molecule has 3 unspecified atom stereocenters. The van der Waals surface area contributed by atoms with Crippen molar-refractivity contribution < 1.29 is 13.2 Å². The third kappa shape index (κ3) is 2.80. The minimum Gasteiger partial charge on any atom is -0.384 e. The molecule has 6 nitrogen and oxygen atoms in total.